The molecule has 3 rings (SSSR count). The molecule has 10 heteroatoms. The van der Waals surface area contributed by atoms with E-state index in [9.17, 15) is 18.0 Å². The summed E-state index contributed by atoms with van der Waals surface area (Å²) in [6.07, 6.45) is 1.81. The molecule has 0 aliphatic heterocycles. The maximum Gasteiger partial charge on any atom is 0.253 e. The van der Waals surface area contributed by atoms with Crippen LogP contribution in [0.15, 0.2) is 64.1 Å². The van der Waals surface area contributed by atoms with Crippen molar-refractivity contribution in [2.45, 2.75) is 11.3 Å². The first kappa shape index (κ1) is 21.0. The molecule has 0 radical (unpaired) electrons. The average Bonchev–Trinajstić information content (AvgIpc) is 3.09. The number of likely N-dealkylation sites (N-methyl/N-ethyl adjacent to an activating group) is 1. The number of carbonyl (C=O) groups excluding carboxylic acids is 2. The minimum absolute atomic E-state index is 0.0668. The number of aromatic amines is 1. The summed E-state index contributed by atoms with van der Waals surface area (Å²) in [5.41, 5.74) is 6.26. The Morgan fingerprint density at radius 3 is 2.41 bits per heavy atom. The highest BCUT2D eigenvalue weighted by Gasteiger charge is 2.23. The van der Waals surface area contributed by atoms with Gasteiger partial charge >= 0.3 is 0 Å². The van der Waals surface area contributed by atoms with Crippen molar-refractivity contribution in [3.05, 3.63) is 64.8 Å². The van der Waals surface area contributed by atoms with Gasteiger partial charge in [0.25, 0.3) is 5.91 Å². The van der Waals surface area contributed by atoms with Crippen molar-refractivity contribution in [3.8, 4) is 0 Å². The number of rotatable bonds is 6. The molecule has 1 heterocycles. The number of nitrogens with one attached hydrogen (secondary N) is 3. The van der Waals surface area contributed by atoms with Gasteiger partial charge < -0.3 is 4.98 Å². The number of halogens is 1. The van der Waals surface area contributed by atoms with E-state index in [4.69, 9.17) is 0 Å². The molecule has 0 fully saturated rings. The molecule has 3 N–H and O–H groups in total. The second-order valence-corrected chi connectivity index (χ2v) is 9.31. The summed E-state index contributed by atoms with van der Waals surface area (Å²) in [7, 11) is -2.52. The zero-order chi connectivity index (χ0) is 21.0. The highest BCUT2D eigenvalue weighted by molar-refractivity contribution is 9.10. The van der Waals surface area contributed by atoms with Gasteiger partial charge in [0.05, 0.1) is 17.9 Å². The predicted molar refractivity (Wildman–Crippen MR) is 112 cm³/mol. The molecule has 8 nitrogen and oxygen atoms in total. The molecule has 2 aromatic carbocycles. The van der Waals surface area contributed by atoms with E-state index in [1.54, 1.807) is 18.3 Å². The fraction of sp³-hybridized carbons (Fsp3) is 0.158. The fourth-order valence-electron chi connectivity index (χ4n) is 2.75. The fourth-order valence-corrected chi connectivity index (χ4v) is 4.14. The quantitative estimate of drug-likeness (QED) is 0.470. The molecule has 0 unspecified atom stereocenters. The van der Waals surface area contributed by atoms with E-state index in [-0.39, 0.29) is 11.3 Å². The van der Waals surface area contributed by atoms with Gasteiger partial charge in [0.15, 0.2) is 0 Å². The summed E-state index contributed by atoms with van der Waals surface area (Å²) in [6, 6.07) is 13.7. The van der Waals surface area contributed by atoms with E-state index in [1.807, 2.05) is 24.3 Å². The van der Waals surface area contributed by atoms with Crippen LogP contribution in [0, 0.1) is 0 Å². The molecule has 152 valence electrons. The minimum Gasteiger partial charge on any atom is -0.361 e. The first-order valence-electron chi connectivity index (χ1n) is 8.62. The van der Waals surface area contributed by atoms with Crippen molar-refractivity contribution in [2.75, 3.05) is 13.6 Å². The number of aromatic nitrogens is 1. The number of benzene rings is 2. The highest BCUT2D eigenvalue weighted by atomic mass is 79.9. The number of para-hydroxylation sites is 1. The molecule has 1 aromatic heterocycles. The van der Waals surface area contributed by atoms with Gasteiger partial charge in [0.1, 0.15) is 0 Å². The van der Waals surface area contributed by atoms with Gasteiger partial charge in [0.2, 0.25) is 15.9 Å². The second-order valence-electron chi connectivity index (χ2n) is 6.35. The number of hydrazine groups is 1. The van der Waals surface area contributed by atoms with Crippen LogP contribution in [0.4, 0.5) is 0 Å². The highest BCUT2D eigenvalue weighted by Crippen LogP contribution is 2.18. The van der Waals surface area contributed by atoms with Crippen molar-refractivity contribution < 1.29 is 18.0 Å². The van der Waals surface area contributed by atoms with E-state index >= 15 is 0 Å². The lowest BCUT2D eigenvalue weighted by Crippen LogP contribution is -2.47. The third-order valence-electron chi connectivity index (χ3n) is 4.26. The van der Waals surface area contributed by atoms with Crippen LogP contribution in [0.2, 0.25) is 0 Å². The van der Waals surface area contributed by atoms with Crippen LogP contribution in [-0.4, -0.2) is 43.1 Å². The second kappa shape index (κ2) is 8.76. The molecule has 2 amide bonds. The smallest absolute Gasteiger partial charge is 0.253 e. The zero-order valence-corrected chi connectivity index (χ0v) is 17.9. The summed E-state index contributed by atoms with van der Waals surface area (Å²) in [6.45, 7) is -0.439. The Bertz CT molecular complexity index is 1140. The van der Waals surface area contributed by atoms with Crippen molar-refractivity contribution in [2.24, 2.45) is 0 Å². The largest absolute Gasteiger partial charge is 0.361 e. The lowest BCUT2D eigenvalue weighted by Gasteiger charge is -2.17. The van der Waals surface area contributed by atoms with E-state index in [2.05, 4.69) is 31.8 Å². The molecular formula is C19H19BrN4O4S. The summed E-state index contributed by atoms with van der Waals surface area (Å²) in [5, 5.41) is 0.925. The molecule has 0 saturated heterocycles. The van der Waals surface area contributed by atoms with Crippen molar-refractivity contribution >= 4 is 48.7 Å². The Hall–Kier alpha value is -2.69. The predicted octanol–water partition coefficient (Wildman–Crippen LogP) is 1.94. The van der Waals surface area contributed by atoms with Gasteiger partial charge in [-0.3, -0.25) is 20.4 Å². The van der Waals surface area contributed by atoms with Crippen LogP contribution in [-0.2, 0) is 26.0 Å². The van der Waals surface area contributed by atoms with E-state index in [0.717, 1.165) is 25.2 Å². The van der Waals surface area contributed by atoms with Crippen LogP contribution in [0.5, 0.6) is 0 Å². The van der Waals surface area contributed by atoms with Gasteiger partial charge in [-0.15, -0.1) is 0 Å². The first-order valence-corrected chi connectivity index (χ1v) is 10.9. The van der Waals surface area contributed by atoms with Crippen molar-refractivity contribution in [1.82, 2.24) is 20.1 Å². The molecule has 3 aromatic rings. The lowest BCUT2D eigenvalue weighted by atomic mass is 10.1. The Morgan fingerprint density at radius 1 is 1.03 bits per heavy atom. The van der Waals surface area contributed by atoms with Crippen LogP contribution in [0.1, 0.15) is 5.56 Å². The summed E-state index contributed by atoms with van der Waals surface area (Å²) in [5.74, 6) is -1.07. The SMILES string of the molecule is CN(CC(=O)NNC(=O)Cc1c[nH]c2ccccc12)S(=O)(=O)c1ccc(Br)cc1. The molecule has 0 saturated carbocycles. The summed E-state index contributed by atoms with van der Waals surface area (Å²) >= 11 is 3.24. The normalized spacial score (nSPS) is 11.6. The number of amides is 2. The molecule has 0 aliphatic rings. The van der Waals surface area contributed by atoms with Crippen LogP contribution in [0.3, 0.4) is 0 Å². The number of H-pyrrole nitrogens is 1. The number of carbonyl (C=O) groups is 2. The van der Waals surface area contributed by atoms with Crippen molar-refractivity contribution in [1.29, 1.82) is 0 Å². The number of sulfonamides is 1. The lowest BCUT2D eigenvalue weighted by molar-refractivity contribution is -0.128. The van der Waals surface area contributed by atoms with Gasteiger partial charge in [-0.25, -0.2) is 8.42 Å². The maximum absolute atomic E-state index is 12.5. The first-order chi connectivity index (χ1) is 13.8. The van der Waals surface area contributed by atoms with Gasteiger partial charge in [-0.2, -0.15) is 4.31 Å². The van der Waals surface area contributed by atoms with E-state index in [1.165, 1.54) is 19.2 Å². The average molecular weight is 479 g/mol. The topological polar surface area (TPSA) is 111 Å². The Morgan fingerprint density at radius 2 is 1.69 bits per heavy atom. The number of hydrogen-bond donors (Lipinski definition) is 3. The minimum atomic E-state index is -3.82. The molecule has 0 atom stereocenters. The molecule has 0 spiro atoms. The maximum atomic E-state index is 12.5. The van der Waals surface area contributed by atoms with E-state index < -0.39 is 28.4 Å². The van der Waals surface area contributed by atoms with Gasteiger partial charge in [-0.05, 0) is 35.9 Å². The van der Waals surface area contributed by atoms with Crippen LogP contribution in [0.25, 0.3) is 10.9 Å². The van der Waals surface area contributed by atoms with Crippen molar-refractivity contribution in [3.63, 3.8) is 0 Å². The number of nitrogens with zero attached hydrogens (tertiary/aromatic N) is 1. The third kappa shape index (κ3) is 5.03. The summed E-state index contributed by atoms with van der Waals surface area (Å²) in [4.78, 5) is 27.3. The van der Waals surface area contributed by atoms with Gasteiger partial charge in [-0.1, -0.05) is 34.1 Å². The Labute approximate surface area is 176 Å². The third-order valence-corrected chi connectivity index (χ3v) is 6.60. The Kier molecular flexibility index (Phi) is 6.36. The van der Waals surface area contributed by atoms with Crippen LogP contribution < -0.4 is 10.9 Å². The van der Waals surface area contributed by atoms with Gasteiger partial charge in [0, 0.05) is 28.6 Å². The molecule has 29 heavy (non-hydrogen) atoms. The monoisotopic (exact) mass is 478 g/mol. The number of hydrogen-bond acceptors (Lipinski definition) is 4. The molecule has 0 bridgehead atoms. The van der Waals surface area contributed by atoms with Crippen LogP contribution >= 0.6 is 15.9 Å². The van der Waals surface area contributed by atoms with E-state index in [0.29, 0.717) is 0 Å². The standard InChI is InChI=1S/C19H19BrN4O4S/c1-24(29(27,28)15-8-6-14(20)7-9-15)12-19(26)23-22-18(25)10-13-11-21-17-5-3-2-4-16(13)17/h2-9,11,21H,10,12H2,1H3,(H,22,25)(H,23,26). The molecule has 0 aliphatic carbocycles. The molecular weight excluding hydrogens is 460 g/mol. The Balaban J connectivity index is 1.53. The zero-order valence-electron chi connectivity index (χ0n) is 15.5. The number of fused-ring (bicyclic) bond motifs is 1. The summed E-state index contributed by atoms with van der Waals surface area (Å²) < 4.78 is 26.6.